The van der Waals surface area contributed by atoms with Gasteiger partial charge in [0.25, 0.3) is 0 Å². The van der Waals surface area contributed by atoms with Gasteiger partial charge in [-0.15, -0.1) is 24.8 Å². The van der Waals surface area contributed by atoms with Crippen LogP contribution in [-0.4, -0.2) is 31.1 Å². The van der Waals surface area contributed by atoms with Crippen LogP contribution < -0.4 is 5.32 Å². The molecule has 2 aliphatic rings. The van der Waals surface area contributed by atoms with Gasteiger partial charge in [0, 0.05) is 32.2 Å². The van der Waals surface area contributed by atoms with E-state index in [1.54, 1.807) is 0 Å². The second-order valence-corrected chi connectivity index (χ2v) is 6.21. The predicted molar refractivity (Wildman–Crippen MR) is 90.4 cm³/mol. The van der Waals surface area contributed by atoms with Gasteiger partial charge in [-0.3, -0.25) is 4.90 Å². The third-order valence-electron chi connectivity index (χ3n) is 4.52. The molecular weight excluding hydrogens is 367 g/mol. The van der Waals surface area contributed by atoms with Crippen molar-refractivity contribution in [3.63, 3.8) is 0 Å². The average molecular weight is 389 g/mol. The summed E-state index contributed by atoms with van der Waals surface area (Å²) in [4.78, 5) is 2.07. The molecule has 1 aromatic carbocycles. The van der Waals surface area contributed by atoms with E-state index in [4.69, 9.17) is 0 Å². The maximum absolute atomic E-state index is 13.6. The molecular formula is C16H22Cl2F4N2. The molecule has 0 amide bonds. The van der Waals surface area contributed by atoms with Crippen LogP contribution in [0.1, 0.15) is 36.4 Å². The van der Waals surface area contributed by atoms with Gasteiger partial charge in [0.05, 0.1) is 5.56 Å². The molecule has 0 aromatic heterocycles. The van der Waals surface area contributed by atoms with E-state index in [1.807, 2.05) is 0 Å². The largest absolute Gasteiger partial charge is 0.416 e. The molecule has 8 heteroatoms. The Balaban J connectivity index is 0.00000144. The molecule has 2 fully saturated rings. The SMILES string of the molecule is Cl.Cl.Fc1ccc(C(F)(F)F)c([C@@H](CC2CC2)N2CCNCC2)c1. The molecule has 0 spiro atoms. The molecule has 2 nitrogen and oxygen atoms in total. The summed E-state index contributed by atoms with van der Waals surface area (Å²) < 4.78 is 53.5. The molecule has 24 heavy (non-hydrogen) atoms. The molecule has 1 aliphatic carbocycles. The summed E-state index contributed by atoms with van der Waals surface area (Å²) in [7, 11) is 0. The third-order valence-corrected chi connectivity index (χ3v) is 4.52. The topological polar surface area (TPSA) is 15.3 Å². The molecule has 3 rings (SSSR count). The summed E-state index contributed by atoms with van der Waals surface area (Å²) >= 11 is 0. The van der Waals surface area contributed by atoms with Gasteiger partial charge < -0.3 is 5.32 Å². The van der Waals surface area contributed by atoms with Crippen LogP contribution >= 0.6 is 24.8 Å². The maximum atomic E-state index is 13.6. The van der Waals surface area contributed by atoms with Crippen molar-refractivity contribution < 1.29 is 17.6 Å². The van der Waals surface area contributed by atoms with Crippen molar-refractivity contribution in [1.82, 2.24) is 10.2 Å². The average Bonchev–Trinajstić information content (AvgIpc) is 3.28. The van der Waals surface area contributed by atoms with E-state index < -0.39 is 17.6 Å². The number of piperazine rings is 1. The molecule has 1 saturated carbocycles. The Bertz CT molecular complexity index is 529. The number of nitrogens with one attached hydrogen (secondary N) is 1. The van der Waals surface area contributed by atoms with Gasteiger partial charge in [0.15, 0.2) is 0 Å². The molecule has 1 aliphatic heterocycles. The first-order valence-electron chi connectivity index (χ1n) is 7.76. The lowest BCUT2D eigenvalue weighted by Gasteiger charge is -2.36. The van der Waals surface area contributed by atoms with Crippen molar-refractivity contribution in [2.24, 2.45) is 5.92 Å². The van der Waals surface area contributed by atoms with Gasteiger partial charge in [0.1, 0.15) is 5.82 Å². The minimum atomic E-state index is -4.45. The van der Waals surface area contributed by atoms with E-state index in [1.165, 1.54) is 0 Å². The number of rotatable bonds is 4. The first kappa shape index (κ1) is 21.5. The lowest BCUT2D eigenvalue weighted by molar-refractivity contribution is -0.138. The molecule has 1 aromatic rings. The van der Waals surface area contributed by atoms with Gasteiger partial charge >= 0.3 is 6.18 Å². The zero-order chi connectivity index (χ0) is 15.7. The Hall–Kier alpha value is -0.560. The van der Waals surface area contributed by atoms with Crippen LogP contribution in [0.25, 0.3) is 0 Å². The normalized spacial score (nSPS) is 20.0. The molecule has 1 heterocycles. The quantitative estimate of drug-likeness (QED) is 0.767. The van der Waals surface area contributed by atoms with E-state index in [2.05, 4.69) is 10.2 Å². The highest BCUT2D eigenvalue weighted by Crippen LogP contribution is 2.43. The van der Waals surface area contributed by atoms with E-state index in [0.29, 0.717) is 25.4 Å². The zero-order valence-corrected chi connectivity index (χ0v) is 14.7. The van der Waals surface area contributed by atoms with Gasteiger partial charge in [-0.2, -0.15) is 13.2 Å². The van der Waals surface area contributed by atoms with Crippen LogP contribution in [0.5, 0.6) is 0 Å². The zero-order valence-electron chi connectivity index (χ0n) is 13.1. The fourth-order valence-electron chi connectivity index (χ4n) is 3.20. The summed E-state index contributed by atoms with van der Waals surface area (Å²) in [5, 5.41) is 3.21. The van der Waals surface area contributed by atoms with Crippen molar-refractivity contribution in [2.45, 2.75) is 31.5 Å². The summed E-state index contributed by atoms with van der Waals surface area (Å²) in [5.74, 6) is -0.122. The fourth-order valence-corrected chi connectivity index (χ4v) is 3.20. The Kier molecular flexibility index (Phi) is 7.78. The monoisotopic (exact) mass is 388 g/mol. The predicted octanol–water partition coefficient (Wildman–Crippen LogP) is 4.43. The minimum absolute atomic E-state index is 0. The lowest BCUT2D eigenvalue weighted by Crippen LogP contribution is -2.45. The van der Waals surface area contributed by atoms with Gasteiger partial charge in [-0.05, 0) is 36.1 Å². The first-order chi connectivity index (χ1) is 10.4. The second-order valence-electron chi connectivity index (χ2n) is 6.21. The van der Waals surface area contributed by atoms with Crippen LogP contribution in [0, 0.1) is 11.7 Å². The van der Waals surface area contributed by atoms with Gasteiger partial charge in [-0.25, -0.2) is 4.39 Å². The van der Waals surface area contributed by atoms with Gasteiger partial charge in [0.2, 0.25) is 0 Å². The Labute approximate surface area is 151 Å². The number of halogens is 6. The second kappa shape index (κ2) is 8.70. The van der Waals surface area contributed by atoms with E-state index in [9.17, 15) is 17.6 Å². The summed E-state index contributed by atoms with van der Waals surface area (Å²) in [6.45, 7) is 2.92. The first-order valence-corrected chi connectivity index (χ1v) is 7.76. The standard InChI is InChI=1S/C16H20F4N2.2ClH/c17-12-3-4-14(16(18,19)20)13(10-12)15(9-11-1-2-11)22-7-5-21-6-8-22;;/h3-4,10-11,15,21H,1-2,5-9H2;2*1H/t15-;;/m1../s1. The van der Waals surface area contributed by atoms with Crippen molar-refractivity contribution >= 4 is 24.8 Å². The van der Waals surface area contributed by atoms with Gasteiger partial charge in [-0.1, -0.05) is 12.8 Å². The number of hydrogen-bond donors (Lipinski definition) is 1. The summed E-state index contributed by atoms with van der Waals surface area (Å²) in [6, 6.07) is 2.52. The molecule has 138 valence electrons. The van der Waals surface area contributed by atoms with Crippen molar-refractivity contribution in [1.29, 1.82) is 0 Å². The van der Waals surface area contributed by atoms with Crippen molar-refractivity contribution in [3.8, 4) is 0 Å². The van der Waals surface area contributed by atoms with Crippen LogP contribution in [0.4, 0.5) is 17.6 Å². The maximum Gasteiger partial charge on any atom is 0.416 e. The van der Waals surface area contributed by atoms with Crippen LogP contribution in [0.3, 0.4) is 0 Å². The third kappa shape index (κ3) is 5.22. The number of alkyl halides is 3. The Morgan fingerprint density at radius 1 is 1.12 bits per heavy atom. The summed E-state index contributed by atoms with van der Waals surface area (Å²) in [6.07, 6.45) is -1.62. The van der Waals surface area contributed by atoms with E-state index >= 15 is 0 Å². The van der Waals surface area contributed by atoms with Crippen molar-refractivity contribution in [3.05, 3.63) is 35.1 Å². The molecule has 0 unspecified atom stereocenters. The molecule has 0 bridgehead atoms. The molecule has 0 radical (unpaired) electrons. The minimum Gasteiger partial charge on any atom is -0.314 e. The summed E-state index contributed by atoms with van der Waals surface area (Å²) in [5.41, 5.74) is -0.598. The highest BCUT2D eigenvalue weighted by molar-refractivity contribution is 5.85. The molecule has 1 N–H and O–H groups in total. The number of hydrogen-bond acceptors (Lipinski definition) is 2. The molecule has 1 atom stereocenters. The Morgan fingerprint density at radius 2 is 1.75 bits per heavy atom. The number of nitrogens with zero attached hydrogens (tertiary/aromatic N) is 1. The van der Waals surface area contributed by atoms with Crippen LogP contribution in [-0.2, 0) is 6.18 Å². The Morgan fingerprint density at radius 3 is 2.29 bits per heavy atom. The highest BCUT2D eigenvalue weighted by atomic mass is 35.5. The number of benzene rings is 1. The van der Waals surface area contributed by atoms with Crippen LogP contribution in [0.15, 0.2) is 18.2 Å². The van der Waals surface area contributed by atoms with Crippen LogP contribution in [0.2, 0.25) is 0 Å². The smallest absolute Gasteiger partial charge is 0.314 e. The molecule has 1 saturated heterocycles. The lowest BCUT2D eigenvalue weighted by atomic mass is 9.93. The fraction of sp³-hybridized carbons (Fsp3) is 0.625. The van der Waals surface area contributed by atoms with E-state index in [0.717, 1.165) is 44.1 Å². The van der Waals surface area contributed by atoms with Crippen molar-refractivity contribution in [2.75, 3.05) is 26.2 Å². The van der Waals surface area contributed by atoms with E-state index in [-0.39, 0.29) is 36.4 Å². The highest BCUT2D eigenvalue weighted by Gasteiger charge is 2.38.